The minimum atomic E-state index is -2.21. The van der Waals surface area contributed by atoms with E-state index in [2.05, 4.69) is 85.6 Å². The zero-order chi connectivity index (χ0) is 48.2. The van der Waals surface area contributed by atoms with Crippen LogP contribution in [0.2, 0.25) is 43.8 Å². The molecule has 1 fully saturated rings. The molecule has 3 aromatic carbocycles. The van der Waals surface area contributed by atoms with Gasteiger partial charge in [-0.15, -0.1) is 0 Å². The van der Waals surface area contributed by atoms with Gasteiger partial charge in [0.15, 0.2) is 14.1 Å². The van der Waals surface area contributed by atoms with Gasteiger partial charge in [-0.3, -0.25) is 4.79 Å². The monoisotopic (exact) mass is 947 g/mol. The second kappa shape index (κ2) is 23.9. The Labute approximate surface area is 399 Å². The van der Waals surface area contributed by atoms with E-state index in [4.69, 9.17) is 42.3 Å². The summed E-state index contributed by atoms with van der Waals surface area (Å²) in [6.07, 6.45) is 2.75. The molecule has 5 rings (SSSR count). The number of fused-ring (bicyclic) bond motifs is 2. The molecule has 0 amide bonds. The van der Waals surface area contributed by atoms with Crippen LogP contribution in [0.3, 0.4) is 0 Å². The molecule has 2 aliphatic carbocycles. The Morgan fingerprint density at radius 2 is 1.36 bits per heavy atom. The first-order valence-corrected chi connectivity index (χ1v) is 30.6. The maximum absolute atomic E-state index is 15.5. The third-order valence-electron chi connectivity index (χ3n) is 14.4. The first-order chi connectivity index (χ1) is 31.2. The van der Waals surface area contributed by atoms with Crippen LogP contribution < -0.4 is 9.47 Å². The second-order valence-electron chi connectivity index (χ2n) is 21.6. The smallest absolute Gasteiger partial charge is 0.191 e. The maximum atomic E-state index is 15.5. The van der Waals surface area contributed by atoms with Crippen LogP contribution in [0.15, 0.2) is 90.5 Å². The molecule has 0 saturated heterocycles. The van der Waals surface area contributed by atoms with Gasteiger partial charge in [0, 0.05) is 46.7 Å². The predicted octanol–water partition coefficient (Wildman–Crippen LogP) is 11.8. The molecule has 66 heavy (non-hydrogen) atoms. The molecule has 0 spiro atoms. The van der Waals surface area contributed by atoms with E-state index in [1.165, 1.54) is 5.57 Å². The van der Waals surface area contributed by atoms with Gasteiger partial charge >= 0.3 is 0 Å². The maximum Gasteiger partial charge on any atom is 0.191 e. The average Bonchev–Trinajstić information content (AvgIpc) is 3.57. The van der Waals surface area contributed by atoms with Gasteiger partial charge in [-0.05, 0) is 89.8 Å². The van der Waals surface area contributed by atoms with Crippen LogP contribution in [0.25, 0.3) is 0 Å². The van der Waals surface area contributed by atoms with Crippen molar-refractivity contribution in [2.24, 2.45) is 17.3 Å². The van der Waals surface area contributed by atoms with Crippen LogP contribution >= 0.6 is 0 Å². The van der Waals surface area contributed by atoms with E-state index >= 15 is 4.79 Å². The Kier molecular flexibility index (Phi) is 19.5. The van der Waals surface area contributed by atoms with Crippen LogP contribution in [0, 0.1) is 17.3 Å². The van der Waals surface area contributed by atoms with E-state index in [0.717, 1.165) is 47.1 Å². The lowest BCUT2D eigenvalue weighted by molar-refractivity contribution is -0.232. The quantitative estimate of drug-likeness (QED) is 0.0464. The van der Waals surface area contributed by atoms with Crippen molar-refractivity contribution in [1.29, 1.82) is 0 Å². The first kappa shape index (κ1) is 53.8. The highest BCUT2D eigenvalue weighted by molar-refractivity contribution is 6.76. The van der Waals surface area contributed by atoms with Gasteiger partial charge in [-0.1, -0.05) is 121 Å². The number of allylic oxidation sites excluding steroid dienone is 1. The van der Waals surface area contributed by atoms with Crippen molar-refractivity contribution in [3.05, 3.63) is 107 Å². The van der Waals surface area contributed by atoms with Crippen molar-refractivity contribution < 1.29 is 47.1 Å². The van der Waals surface area contributed by atoms with Crippen molar-refractivity contribution in [3.63, 3.8) is 0 Å². The number of carbonyl (C=O) groups is 1. The zero-order valence-corrected chi connectivity index (χ0v) is 44.5. The van der Waals surface area contributed by atoms with Crippen LogP contribution in [-0.2, 0) is 57.5 Å². The Morgan fingerprint density at radius 1 is 0.758 bits per heavy atom. The summed E-state index contributed by atoms with van der Waals surface area (Å²) in [4.78, 5) is 15.5. The van der Waals surface area contributed by atoms with Crippen LogP contribution in [0.4, 0.5) is 0 Å². The summed E-state index contributed by atoms with van der Waals surface area (Å²) in [6, 6.07) is 27.1. The van der Waals surface area contributed by atoms with E-state index in [-0.39, 0.29) is 55.2 Å². The number of Topliss-reactive ketones (excluding diaryl/α,β-unsaturated/α-hetero) is 1. The summed E-state index contributed by atoms with van der Waals surface area (Å²) in [5.74, 6) is 0.921. The lowest BCUT2D eigenvalue weighted by Gasteiger charge is -2.48. The highest BCUT2D eigenvalue weighted by atomic mass is 28.4. The van der Waals surface area contributed by atoms with Gasteiger partial charge in [0.25, 0.3) is 0 Å². The standard InChI is InChI=1S/C54H82O10Si2/c1-52(2,3)66(12,13)64-30-29-50(61-36-42-21-26-45(58-8)27-22-42)54(63-37-40-17-15-14-16-18-40,38-59-35-41-19-24-44(57-7)25-20-41)47-34-48(55)51(62-39-56-6)46-28-23-43(53(46,4)5)33-49(47)60-31-32-65(9,10)11/h14-22,24-27,33,46-47,49-51H,23,28-32,34-39H2,1-13H3/b43-33-/t46-,47-,49-,50-,51-,54-/m1/s1. The molecule has 10 nitrogen and oxygen atoms in total. The molecule has 12 heteroatoms. The molecule has 3 aromatic rings. The van der Waals surface area contributed by atoms with E-state index in [1.807, 2.05) is 66.7 Å². The summed E-state index contributed by atoms with van der Waals surface area (Å²) in [5, 5.41) is -0.0101. The molecule has 0 radical (unpaired) electrons. The van der Waals surface area contributed by atoms with Crippen LogP contribution in [-0.4, -0.2) is 94.0 Å². The second-order valence-corrected chi connectivity index (χ2v) is 32.0. The molecule has 0 unspecified atom stereocenters. The van der Waals surface area contributed by atoms with Gasteiger partial charge < -0.3 is 42.3 Å². The van der Waals surface area contributed by atoms with Crippen molar-refractivity contribution >= 4 is 22.2 Å². The minimum Gasteiger partial charge on any atom is -0.497 e. The van der Waals surface area contributed by atoms with E-state index in [9.17, 15) is 0 Å². The molecule has 0 aliphatic heterocycles. The van der Waals surface area contributed by atoms with E-state index < -0.39 is 46.2 Å². The predicted molar refractivity (Wildman–Crippen MR) is 268 cm³/mol. The number of hydrogen-bond acceptors (Lipinski definition) is 10. The highest BCUT2D eigenvalue weighted by Crippen LogP contribution is 2.52. The zero-order valence-electron chi connectivity index (χ0n) is 42.5. The molecule has 0 N–H and O–H groups in total. The van der Waals surface area contributed by atoms with Crippen molar-refractivity contribution in [2.75, 3.05) is 47.9 Å². The van der Waals surface area contributed by atoms with Gasteiger partial charge in [0.05, 0.1) is 52.9 Å². The highest BCUT2D eigenvalue weighted by Gasteiger charge is 2.56. The number of rotatable bonds is 25. The van der Waals surface area contributed by atoms with Gasteiger partial charge in [0.1, 0.15) is 30.0 Å². The molecule has 0 heterocycles. The summed E-state index contributed by atoms with van der Waals surface area (Å²) in [6.45, 7) is 24.9. The number of hydrogen-bond donors (Lipinski definition) is 0. The normalized spacial score (nSPS) is 22.4. The first-order valence-electron chi connectivity index (χ1n) is 24.0. The molecule has 2 bridgehead atoms. The minimum absolute atomic E-state index is 0.000241. The van der Waals surface area contributed by atoms with Crippen LogP contribution in [0.1, 0.15) is 77.0 Å². The average molecular weight is 947 g/mol. The molecular formula is C54H82O10Si2. The Morgan fingerprint density at radius 3 is 1.94 bits per heavy atom. The SMILES string of the molecule is COCO[C@H]1C(=O)C[C@@H]([C@@](COCc2ccc(OC)cc2)(OCc2ccccc2)[C@@H](CCO[Si](C)(C)C(C)(C)C)OCc2ccc(OC)cc2)[C@H](OCC[Si](C)(C)C)/C=C2/CC[C@H]1C2(C)C. The third kappa shape index (κ3) is 14.4. The number of carbonyl (C=O) groups excluding carboxylic acids is 1. The van der Waals surface area contributed by atoms with Gasteiger partial charge in [0.2, 0.25) is 0 Å². The molecule has 0 aromatic heterocycles. The van der Waals surface area contributed by atoms with Crippen molar-refractivity contribution in [1.82, 2.24) is 0 Å². The topological polar surface area (TPSA) is 100 Å². The van der Waals surface area contributed by atoms with Crippen molar-refractivity contribution in [2.45, 2.75) is 148 Å². The number of ether oxygens (including phenoxy) is 8. The van der Waals surface area contributed by atoms with Gasteiger partial charge in [-0.2, -0.15) is 0 Å². The summed E-state index contributed by atoms with van der Waals surface area (Å²) >= 11 is 0. The third-order valence-corrected chi connectivity index (χ3v) is 20.7. The van der Waals surface area contributed by atoms with E-state index in [0.29, 0.717) is 26.2 Å². The molecule has 2 aliphatic rings. The summed E-state index contributed by atoms with van der Waals surface area (Å²) < 4.78 is 59.1. The lowest BCUT2D eigenvalue weighted by atomic mass is 9.73. The van der Waals surface area contributed by atoms with Crippen molar-refractivity contribution in [3.8, 4) is 11.5 Å². The summed E-state index contributed by atoms with van der Waals surface area (Å²) in [5.41, 5.74) is 2.63. The summed E-state index contributed by atoms with van der Waals surface area (Å²) in [7, 11) is 1.19. The molecular weight excluding hydrogens is 865 g/mol. The fraction of sp³-hybridized carbons (Fsp3) is 0.611. The van der Waals surface area contributed by atoms with Gasteiger partial charge in [-0.25, -0.2) is 0 Å². The lowest BCUT2D eigenvalue weighted by Crippen LogP contribution is -2.60. The number of ketones is 1. The molecule has 6 atom stereocenters. The van der Waals surface area contributed by atoms with Crippen LogP contribution in [0.5, 0.6) is 11.5 Å². The Bertz CT molecular complexity index is 1960. The number of benzene rings is 3. The Hall–Kier alpha value is -3.18. The largest absolute Gasteiger partial charge is 0.497 e. The fourth-order valence-electron chi connectivity index (χ4n) is 9.06. The fourth-order valence-corrected chi connectivity index (χ4v) is 10.9. The Balaban J connectivity index is 1.75. The molecule has 366 valence electrons. The number of methoxy groups -OCH3 is 3. The molecule has 1 saturated carbocycles. The van der Waals surface area contributed by atoms with E-state index in [1.54, 1.807) is 21.3 Å².